The van der Waals surface area contributed by atoms with Crippen molar-refractivity contribution in [3.05, 3.63) is 95.3 Å². The first-order chi connectivity index (χ1) is 15.7. The Hall–Kier alpha value is -3.44. The monoisotopic (exact) mass is 443 g/mol. The summed E-state index contributed by atoms with van der Waals surface area (Å²) in [5.41, 5.74) is 3.78. The molecule has 0 bridgehead atoms. The highest BCUT2D eigenvalue weighted by Gasteiger charge is 2.29. The first-order valence-corrected chi connectivity index (χ1v) is 11.1. The summed E-state index contributed by atoms with van der Waals surface area (Å²) in [6.45, 7) is 1.30. The fraction of sp³-hybridized carbons (Fsp3) is 0.192. The van der Waals surface area contributed by atoms with Gasteiger partial charge in [0.1, 0.15) is 0 Å². The minimum atomic E-state index is 0.0323. The van der Waals surface area contributed by atoms with Crippen LogP contribution in [0, 0.1) is 0 Å². The maximum absolute atomic E-state index is 13.1. The first kappa shape index (κ1) is 20.5. The van der Waals surface area contributed by atoms with E-state index < -0.39 is 0 Å². The van der Waals surface area contributed by atoms with Crippen LogP contribution in [0.5, 0.6) is 0 Å². The molecule has 2 heterocycles. The van der Waals surface area contributed by atoms with E-state index in [9.17, 15) is 4.79 Å². The normalized spacial score (nSPS) is 16.2. The average Bonchev–Trinajstić information content (AvgIpc) is 3.35. The Morgan fingerprint density at radius 2 is 1.59 bits per heavy atom. The van der Waals surface area contributed by atoms with Crippen molar-refractivity contribution in [2.45, 2.75) is 18.8 Å². The highest BCUT2D eigenvalue weighted by Crippen LogP contribution is 2.29. The summed E-state index contributed by atoms with van der Waals surface area (Å²) in [4.78, 5) is 19.6. The molecule has 1 aliphatic rings. The molecule has 0 saturated carbocycles. The second-order valence-corrected chi connectivity index (χ2v) is 8.43. The van der Waals surface area contributed by atoms with Gasteiger partial charge in [0.05, 0.1) is 5.92 Å². The molecular weight excluding hydrogens is 422 g/mol. The minimum Gasteiger partial charge on any atom is -0.339 e. The fourth-order valence-corrected chi connectivity index (χ4v) is 4.22. The molecule has 1 unspecified atom stereocenters. The van der Waals surface area contributed by atoms with Crippen molar-refractivity contribution in [2.24, 2.45) is 0 Å². The molecule has 4 aromatic rings. The molecule has 1 saturated heterocycles. The van der Waals surface area contributed by atoms with Gasteiger partial charge in [-0.05, 0) is 60.4 Å². The highest BCUT2D eigenvalue weighted by molar-refractivity contribution is 6.30. The summed E-state index contributed by atoms with van der Waals surface area (Å²) in [5, 5.41) is 4.79. The van der Waals surface area contributed by atoms with Gasteiger partial charge in [-0.1, -0.05) is 59.2 Å². The largest absolute Gasteiger partial charge is 0.339 e. The van der Waals surface area contributed by atoms with Crippen LogP contribution in [0.3, 0.4) is 0 Å². The molecule has 5 rings (SSSR count). The van der Waals surface area contributed by atoms with Crippen molar-refractivity contribution in [1.82, 2.24) is 15.0 Å². The zero-order valence-corrected chi connectivity index (χ0v) is 18.2. The number of hydrogen-bond acceptors (Lipinski definition) is 4. The van der Waals surface area contributed by atoms with Gasteiger partial charge in [-0.2, -0.15) is 4.98 Å². The predicted octanol–water partition coefficient (Wildman–Crippen LogP) is 6.08. The van der Waals surface area contributed by atoms with Crippen LogP contribution in [0.25, 0.3) is 22.5 Å². The number of carbonyl (C=O) groups is 1. The number of carbonyl (C=O) groups excluding carboxylic acids is 1. The molecule has 6 heteroatoms. The average molecular weight is 444 g/mol. The van der Waals surface area contributed by atoms with Gasteiger partial charge in [0.25, 0.3) is 5.91 Å². The van der Waals surface area contributed by atoms with Gasteiger partial charge in [-0.3, -0.25) is 4.79 Å². The Labute approximate surface area is 191 Å². The van der Waals surface area contributed by atoms with Crippen LogP contribution in [-0.2, 0) is 0 Å². The molecule has 1 fully saturated rings. The van der Waals surface area contributed by atoms with Crippen LogP contribution in [0.2, 0.25) is 5.02 Å². The Bertz CT molecular complexity index is 1200. The summed E-state index contributed by atoms with van der Waals surface area (Å²) in [5.74, 6) is 1.18. The molecular formula is C26H22ClN3O2. The number of piperidine rings is 1. The Kier molecular flexibility index (Phi) is 5.73. The van der Waals surface area contributed by atoms with Gasteiger partial charge in [0.2, 0.25) is 11.7 Å². The number of amides is 1. The molecule has 3 aromatic carbocycles. The molecule has 0 radical (unpaired) electrons. The first-order valence-electron chi connectivity index (χ1n) is 10.7. The van der Waals surface area contributed by atoms with Gasteiger partial charge in [0.15, 0.2) is 0 Å². The molecule has 1 aliphatic heterocycles. The van der Waals surface area contributed by atoms with E-state index in [1.807, 2.05) is 59.5 Å². The Morgan fingerprint density at radius 3 is 2.34 bits per heavy atom. The fourth-order valence-electron chi connectivity index (χ4n) is 4.10. The third-order valence-electron chi connectivity index (χ3n) is 5.84. The standard InChI is InChI=1S/C26H22ClN3O2/c27-23-14-12-20(13-15-23)24-28-25(32-29-24)22-7-4-16-30(17-22)26(31)21-10-8-19(9-11-21)18-5-2-1-3-6-18/h1-3,5-6,8-15,22H,4,7,16-17H2. The van der Waals surface area contributed by atoms with Crippen LogP contribution < -0.4 is 0 Å². The van der Waals surface area contributed by atoms with Crippen molar-refractivity contribution in [3.63, 3.8) is 0 Å². The summed E-state index contributed by atoms with van der Waals surface area (Å²) in [6, 6.07) is 25.3. The van der Waals surface area contributed by atoms with Gasteiger partial charge in [0, 0.05) is 29.2 Å². The van der Waals surface area contributed by atoms with Gasteiger partial charge in [-0.15, -0.1) is 0 Å². The molecule has 1 amide bonds. The van der Waals surface area contributed by atoms with Crippen molar-refractivity contribution in [3.8, 4) is 22.5 Å². The predicted molar refractivity (Wildman–Crippen MR) is 125 cm³/mol. The molecule has 0 N–H and O–H groups in total. The zero-order valence-electron chi connectivity index (χ0n) is 17.4. The number of hydrogen-bond donors (Lipinski definition) is 0. The van der Waals surface area contributed by atoms with E-state index in [1.54, 1.807) is 12.1 Å². The number of likely N-dealkylation sites (tertiary alicyclic amines) is 1. The lowest BCUT2D eigenvalue weighted by Crippen LogP contribution is -2.39. The third kappa shape index (κ3) is 4.30. The maximum atomic E-state index is 13.1. The van der Waals surface area contributed by atoms with E-state index in [-0.39, 0.29) is 11.8 Å². The van der Waals surface area contributed by atoms with Crippen molar-refractivity contribution in [2.75, 3.05) is 13.1 Å². The topological polar surface area (TPSA) is 59.2 Å². The van der Waals surface area contributed by atoms with E-state index in [2.05, 4.69) is 22.3 Å². The quantitative estimate of drug-likeness (QED) is 0.383. The number of aromatic nitrogens is 2. The lowest BCUT2D eigenvalue weighted by atomic mass is 9.97. The van der Waals surface area contributed by atoms with Crippen molar-refractivity contribution < 1.29 is 9.32 Å². The van der Waals surface area contributed by atoms with Crippen LogP contribution in [0.1, 0.15) is 35.0 Å². The lowest BCUT2D eigenvalue weighted by Gasteiger charge is -2.31. The van der Waals surface area contributed by atoms with Crippen LogP contribution in [0.4, 0.5) is 0 Å². The lowest BCUT2D eigenvalue weighted by molar-refractivity contribution is 0.0695. The molecule has 1 atom stereocenters. The second-order valence-electron chi connectivity index (χ2n) is 8.00. The van der Waals surface area contributed by atoms with Crippen LogP contribution in [0.15, 0.2) is 83.4 Å². The van der Waals surface area contributed by atoms with E-state index in [1.165, 1.54) is 0 Å². The van der Waals surface area contributed by atoms with Gasteiger partial charge < -0.3 is 9.42 Å². The zero-order chi connectivity index (χ0) is 21.9. The molecule has 5 nitrogen and oxygen atoms in total. The van der Waals surface area contributed by atoms with E-state index in [4.69, 9.17) is 16.1 Å². The minimum absolute atomic E-state index is 0.0323. The third-order valence-corrected chi connectivity index (χ3v) is 6.09. The number of benzene rings is 3. The highest BCUT2D eigenvalue weighted by atomic mass is 35.5. The maximum Gasteiger partial charge on any atom is 0.253 e. The molecule has 0 spiro atoms. The molecule has 32 heavy (non-hydrogen) atoms. The van der Waals surface area contributed by atoms with Crippen LogP contribution >= 0.6 is 11.6 Å². The van der Waals surface area contributed by atoms with Gasteiger partial charge in [-0.25, -0.2) is 0 Å². The number of nitrogens with zero attached hydrogens (tertiary/aromatic N) is 3. The molecule has 160 valence electrons. The van der Waals surface area contributed by atoms with E-state index in [0.717, 1.165) is 36.1 Å². The second kappa shape index (κ2) is 8.97. The van der Waals surface area contributed by atoms with E-state index >= 15 is 0 Å². The smallest absolute Gasteiger partial charge is 0.253 e. The van der Waals surface area contributed by atoms with Crippen molar-refractivity contribution >= 4 is 17.5 Å². The van der Waals surface area contributed by atoms with Crippen LogP contribution in [-0.4, -0.2) is 34.0 Å². The number of rotatable bonds is 4. The Morgan fingerprint density at radius 1 is 0.906 bits per heavy atom. The molecule has 1 aromatic heterocycles. The van der Waals surface area contributed by atoms with E-state index in [0.29, 0.717) is 28.8 Å². The summed E-state index contributed by atoms with van der Waals surface area (Å²) < 4.78 is 5.56. The van der Waals surface area contributed by atoms with Gasteiger partial charge >= 0.3 is 0 Å². The van der Waals surface area contributed by atoms with Crippen molar-refractivity contribution in [1.29, 1.82) is 0 Å². The number of halogens is 1. The Balaban J connectivity index is 1.29. The molecule has 0 aliphatic carbocycles. The SMILES string of the molecule is O=C(c1ccc(-c2ccccc2)cc1)N1CCCC(c2nc(-c3ccc(Cl)cc3)no2)C1. The summed E-state index contributed by atoms with van der Waals surface area (Å²) in [7, 11) is 0. The summed E-state index contributed by atoms with van der Waals surface area (Å²) in [6.07, 6.45) is 1.82. The summed E-state index contributed by atoms with van der Waals surface area (Å²) >= 11 is 5.96.